The molecule has 0 aromatic heterocycles. The van der Waals surface area contributed by atoms with Crippen molar-refractivity contribution in [2.45, 2.75) is 46.1 Å². The van der Waals surface area contributed by atoms with Crippen LogP contribution in [0.15, 0.2) is 29.4 Å². The average Bonchev–Trinajstić information content (AvgIpc) is 3.19. The van der Waals surface area contributed by atoms with Gasteiger partial charge in [0, 0.05) is 31.6 Å². The zero-order valence-electron chi connectivity index (χ0n) is 16.2. The summed E-state index contributed by atoms with van der Waals surface area (Å²) in [5.74, 6) is 0.742. The van der Waals surface area contributed by atoms with Gasteiger partial charge >= 0.3 is 0 Å². The first-order valence-corrected chi connectivity index (χ1v) is 9.55. The second-order valence-electron chi connectivity index (χ2n) is 7.26. The maximum Gasteiger partial charge on any atom is 0.261 e. The van der Waals surface area contributed by atoms with Gasteiger partial charge in [0.2, 0.25) is 0 Å². The smallest absolute Gasteiger partial charge is 0.261 e. The van der Waals surface area contributed by atoms with E-state index in [2.05, 4.69) is 24.3 Å². The fourth-order valence-corrected chi connectivity index (χ4v) is 2.78. The van der Waals surface area contributed by atoms with Crippen molar-refractivity contribution in [1.29, 1.82) is 0 Å². The van der Waals surface area contributed by atoms with Crippen LogP contribution < -0.4 is 11.1 Å². The predicted molar refractivity (Wildman–Crippen MR) is 105 cm³/mol. The molecular weight excluding hydrogens is 344 g/mol. The van der Waals surface area contributed by atoms with Crippen molar-refractivity contribution in [2.24, 2.45) is 16.8 Å². The van der Waals surface area contributed by atoms with E-state index in [9.17, 15) is 9.59 Å². The van der Waals surface area contributed by atoms with Crippen LogP contribution in [0, 0.1) is 5.92 Å². The third-order valence-corrected chi connectivity index (χ3v) is 4.44. The molecule has 1 aliphatic rings. The lowest BCUT2D eigenvalue weighted by Gasteiger charge is -2.15. The number of carbonyl (C=O) groups excluding carboxylic acids is 2. The van der Waals surface area contributed by atoms with Gasteiger partial charge in [0.05, 0.1) is 0 Å². The van der Waals surface area contributed by atoms with Crippen molar-refractivity contribution in [1.82, 2.24) is 10.2 Å². The molecule has 0 radical (unpaired) electrons. The number of oxime groups is 1. The summed E-state index contributed by atoms with van der Waals surface area (Å²) in [6, 6.07) is 7.32. The molecular formula is C20H30N4O3. The molecule has 0 atom stereocenters. The van der Waals surface area contributed by atoms with Crippen molar-refractivity contribution in [2.75, 3.05) is 19.7 Å². The fourth-order valence-electron chi connectivity index (χ4n) is 2.78. The van der Waals surface area contributed by atoms with Crippen molar-refractivity contribution in [3.05, 3.63) is 35.4 Å². The Hall–Kier alpha value is -2.57. The molecule has 1 aromatic carbocycles. The Kier molecular flexibility index (Phi) is 8.10. The lowest BCUT2D eigenvalue weighted by molar-refractivity contribution is -0.125. The Morgan fingerprint density at radius 1 is 1.22 bits per heavy atom. The molecule has 0 unspecified atom stereocenters. The second-order valence-corrected chi connectivity index (χ2v) is 7.26. The Bertz CT molecular complexity index is 650. The number of hydrogen-bond acceptors (Lipinski definition) is 4. The highest BCUT2D eigenvalue weighted by Crippen LogP contribution is 2.13. The van der Waals surface area contributed by atoms with Gasteiger partial charge < -0.3 is 20.8 Å². The zero-order chi connectivity index (χ0) is 19.6. The van der Waals surface area contributed by atoms with Crippen LogP contribution in [-0.4, -0.2) is 42.2 Å². The van der Waals surface area contributed by atoms with E-state index in [1.165, 1.54) is 0 Å². The Labute approximate surface area is 160 Å². The fraction of sp³-hybridized carbons (Fsp3) is 0.550. The van der Waals surface area contributed by atoms with E-state index in [0.29, 0.717) is 30.3 Å². The minimum absolute atomic E-state index is 0.0735. The van der Waals surface area contributed by atoms with Crippen molar-refractivity contribution in [3.8, 4) is 0 Å². The standard InChI is InChI=1S/C20H30N4O3/c1-15(2)5-10-18(21)23-27-14-19(25)22-13-16-6-8-17(9-7-16)20(26)24-11-3-4-12-24/h6-9,15H,3-5,10-14H2,1-2H3,(H2,21,23)(H,22,25). The quantitative estimate of drug-likeness (QED) is 0.394. The van der Waals surface area contributed by atoms with Gasteiger partial charge in [-0.05, 0) is 42.9 Å². The molecule has 0 saturated carbocycles. The molecule has 7 heteroatoms. The highest BCUT2D eigenvalue weighted by Gasteiger charge is 2.19. The number of rotatable bonds is 9. The molecule has 1 saturated heterocycles. The van der Waals surface area contributed by atoms with Crippen LogP contribution in [0.2, 0.25) is 0 Å². The molecule has 1 aliphatic heterocycles. The summed E-state index contributed by atoms with van der Waals surface area (Å²) in [5.41, 5.74) is 7.32. The van der Waals surface area contributed by atoms with Gasteiger partial charge in [0.25, 0.3) is 11.8 Å². The van der Waals surface area contributed by atoms with Crippen LogP contribution in [-0.2, 0) is 16.2 Å². The molecule has 0 spiro atoms. The summed E-state index contributed by atoms with van der Waals surface area (Å²) in [6.07, 6.45) is 3.74. The zero-order valence-corrected chi connectivity index (χ0v) is 16.2. The minimum atomic E-state index is -0.271. The molecule has 3 N–H and O–H groups in total. The van der Waals surface area contributed by atoms with Crippen molar-refractivity contribution < 1.29 is 14.4 Å². The van der Waals surface area contributed by atoms with E-state index in [1.807, 2.05) is 17.0 Å². The maximum absolute atomic E-state index is 12.3. The first kappa shape index (κ1) is 20.7. The first-order chi connectivity index (χ1) is 13.0. The third-order valence-electron chi connectivity index (χ3n) is 4.44. The Balaban J connectivity index is 1.70. The number of likely N-dealkylation sites (tertiary alicyclic amines) is 1. The molecule has 1 fully saturated rings. The van der Waals surface area contributed by atoms with Gasteiger partial charge in [-0.1, -0.05) is 31.1 Å². The number of nitrogens with one attached hydrogen (secondary N) is 1. The minimum Gasteiger partial charge on any atom is -0.384 e. The molecule has 148 valence electrons. The van der Waals surface area contributed by atoms with Crippen LogP contribution in [0.3, 0.4) is 0 Å². The van der Waals surface area contributed by atoms with Crippen LogP contribution in [0.5, 0.6) is 0 Å². The normalized spacial score (nSPS) is 14.5. The number of nitrogens with zero attached hydrogens (tertiary/aromatic N) is 2. The lowest BCUT2D eigenvalue weighted by atomic mass is 10.1. The molecule has 1 aromatic rings. The number of amides is 2. The summed E-state index contributed by atoms with van der Waals surface area (Å²) in [6.45, 7) is 6.08. The molecule has 0 bridgehead atoms. The summed E-state index contributed by atoms with van der Waals surface area (Å²) < 4.78 is 0. The van der Waals surface area contributed by atoms with Gasteiger partial charge in [-0.2, -0.15) is 0 Å². The van der Waals surface area contributed by atoms with E-state index in [-0.39, 0.29) is 18.4 Å². The summed E-state index contributed by atoms with van der Waals surface area (Å²) >= 11 is 0. The van der Waals surface area contributed by atoms with E-state index < -0.39 is 0 Å². The number of amidine groups is 1. The molecule has 0 aliphatic carbocycles. The summed E-state index contributed by atoms with van der Waals surface area (Å²) in [7, 11) is 0. The molecule has 2 rings (SSSR count). The van der Waals surface area contributed by atoms with Gasteiger partial charge in [-0.3, -0.25) is 9.59 Å². The molecule has 27 heavy (non-hydrogen) atoms. The third kappa shape index (κ3) is 7.29. The van der Waals surface area contributed by atoms with E-state index in [1.54, 1.807) is 12.1 Å². The van der Waals surface area contributed by atoms with Gasteiger partial charge in [0.1, 0.15) is 5.84 Å². The van der Waals surface area contributed by atoms with Crippen LogP contribution in [0.1, 0.15) is 55.5 Å². The monoisotopic (exact) mass is 374 g/mol. The van der Waals surface area contributed by atoms with Crippen molar-refractivity contribution in [3.63, 3.8) is 0 Å². The number of benzene rings is 1. The van der Waals surface area contributed by atoms with E-state index in [4.69, 9.17) is 10.6 Å². The van der Waals surface area contributed by atoms with Crippen molar-refractivity contribution >= 4 is 17.6 Å². The topological polar surface area (TPSA) is 97.0 Å². The average molecular weight is 374 g/mol. The Morgan fingerprint density at radius 2 is 1.89 bits per heavy atom. The lowest BCUT2D eigenvalue weighted by Crippen LogP contribution is -2.28. The second kappa shape index (κ2) is 10.5. The number of carbonyl (C=O) groups is 2. The molecule has 7 nitrogen and oxygen atoms in total. The van der Waals surface area contributed by atoms with Crippen LogP contribution in [0.4, 0.5) is 0 Å². The summed E-state index contributed by atoms with van der Waals surface area (Å²) in [4.78, 5) is 31.0. The van der Waals surface area contributed by atoms with Gasteiger partial charge in [0.15, 0.2) is 6.61 Å². The molecule has 1 heterocycles. The van der Waals surface area contributed by atoms with Gasteiger partial charge in [-0.25, -0.2) is 0 Å². The van der Waals surface area contributed by atoms with Crippen LogP contribution >= 0.6 is 0 Å². The summed E-state index contributed by atoms with van der Waals surface area (Å²) in [5, 5.41) is 6.51. The van der Waals surface area contributed by atoms with E-state index >= 15 is 0 Å². The number of hydrogen-bond donors (Lipinski definition) is 2. The number of nitrogens with two attached hydrogens (primary N) is 1. The SMILES string of the molecule is CC(C)CC/C(N)=N/OCC(=O)NCc1ccc(C(=O)N2CCCC2)cc1. The van der Waals surface area contributed by atoms with E-state index in [0.717, 1.165) is 37.9 Å². The Morgan fingerprint density at radius 3 is 2.52 bits per heavy atom. The highest BCUT2D eigenvalue weighted by atomic mass is 16.6. The largest absolute Gasteiger partial charge is 0.384 e. The maximum atomic E-state index is 12.3. The van der Waals surface area contributed by atoms with Gasteiger partial charge in [-0.15, -0.1) is 0 Å². The highest BCUT2D eigenvalue weighted by molar-refractivity contribution is 5.94. The predicted octanol–water partition coefficient (Wildman–Crippen LogP) is 2.26. The first-order valence-electron chi connectivity index (χ1n) is 9.55. The van der Waals surface area contributed by atoms with Crippen LogP contribution in [0.25, 0.3) is 0 Å². The molecule has 2 amide bonds.